The molecular formula is C17H22ClN3O2. The van der Waals surface area contributed by atoms with E-state index in [2.05, 4.69) is 20.9 Å². The van der Waals surface area contributed by atoms with Crippen LogP contribution in [0.2, 0.25) is 5.02 Å². The highest BCUT2D eigenvalue weighted by Crippen LogP contribution is 2.36. The van der Waals surface area contributed by atoms with E-state index in [-0.39, 0.29) is 0 Å². The van der Waals surface area contributed by atoms with Gasteiger partial charge in [0.15, 0.2) is 0 Å². The average molecular weight is 336 g/mol. The summed E-state index contributed by atoms with van der Waals surface area (Å²) in [5, 5.41) is 0.742. The molecule has 0 N–H and O–H groups in total. The van der Waals surface area contributed by atoms with Crippen molar-refractivity contribution in [3.05, 3.63) is 17.3 Å². The van der Waals surface area contributed by atoms with E-state index in [1.54, 1.807) is 6.20 Å². The first-order valence-corrected chi connectivity index (χ1v) is 9.09. The molecule has 5 heterocycles. The zero-order chi connectivity index (χ0) is 15.4. The van der Waals surface area contributed by atoms with Crippen molar-refractivity contribution in [3.63, 3.8) is 0 Å². The van der Waals surface area contributed by atoms with E-state index in [1.165, 1.54) is 25.7 Å². The number of nitrogens with zero attached hydrogens (tertiary/aromatic N) is 3. The Balaban J connectivity index is 1.41. The van der Waals surface area contributed by atoms with E-state index in [1.807, 2.05) is 0 Å². The second kappa shape index (κ2) is 5.50. The fraction of sp³-hybridized carbons (Fsp3) is 0.706. The molecule has 4 fully saturated rings. The normalized spacial score (nSPS) is 35.9. The van der Waals surface area contributed by atoms with Gasteiger partial charge in [0, 0.05) is 32.2 Å². The number of anilines is 2. The maximum absolute atomic E-state index is 6.47. The monoisotopic (exact) mass is 335 g/mol. The average Bonchev–Trinajstić information content (AvgIpc) is 3.08. The summed E-state index contributed by atoms with van der Waals surface area (Å²) in [5.41, 5.74) is 1.11. The summed E-state index contributed by atoms with van der Waals surface area (Å²) in [6, 6.07) is 2.16. The van der Waals surface area contributed by atoms with Crippen molar-refractivity contribution in [2.24, 2.45) is 0 Å². The number of halogens is 1. The van der Waals surface area contributed by atoms with Gasteiger partial charge in [0.25, 0.3) is 0 Å². The molecule has 0 aliphatic carbocycles. The summed E-state index contributed by atoms with van der Waals surface area (Å²) < 4.78 is 11.9. The van der Waals surface area contributed by atoms with Gasteiger partial charge in [-0.1, -0.05) is 11.6 Å². The second-order valence-electron chi connectivity index (χ2n) is 7.22. The van der Waals surface area contributed by atoms with Gasteiger partial charge in [-0.05, 0) is 25.7 Å². The van der Waals surface area contributed by atoms with Crippen molar-refractivity contribution in [1.82, 2.24) is 4.98 Å². The highest BCUT2D eigenvalue weighted by Gasteiger charge is 2.36. The Morgan fingerprint density at radius 3 is 1.96 bits per heavy atom. The number of aromatic nitrogens is 1. The highest BCUT2D eigenvalue weighted by molar-refractivity contribution is 6.33. The molecule has 5 rings (SSSR count). The van der Waals surface area contributed by atoms with Gasteiger partial charge < -0.3 is 19.3 Å². The molecule has 0 amide bonds. The lowest BCUT2D eigenvalue weighted by Gasteiger charge is -2.36. The van der Waals surface area contributed by atoms with Gasteiger partial charge in [0.2, 0.25) is 0 Å². The van der Waals surface area contributed by atoms with E-state index < -0.39 is 0 Å². The molecule has 1 aromatic heterocycles. The number of morpholine rings is 2. The van der Waals surface area contributed by atoms with E-state index in [9.17, 15) is 0 Å². The first-order valence-electron chi connectivity index (χ1n) is 8.71. The second-order valence-corrected chi connectivity index (χ2v) is 7.63. The van der Waals surface area contributed by atoms with Gasteiger partial charge in [-0.2, -0.15) is 0 Å². The van der Waals surface area contributed by atoms with E-state index in [4.69, 9.17) is 21.1 Å². The van der Waals surface area contributed by atoms with Crippen LogP contribution < -0.4 is 9.80 Å². The molecule has 6 heteroatoms. The number of pyridine rings is 1. The highest BCUT2D eigenvalue weighted by atomic mass is 35.5. The quantitative estimate of drug-likeness (QED) is 0.830. The van der Waals surface area contributed by atoms with E-state index in [0.29, 0.717) is 24.4 Å². The molecule has 0 radical (unpaired) electrons. The third-order valence-electron chi connectivity index (χ3n) is 5.57. The van der Waals surface area contributed by atoms with Crippen LogP contribution in [0.3, 0.4) is 0 Å². The Morgan fingerprint density at radius 2 is 1.39 bits per heavy atom. The molecule has 1 aromatic rings. The predicted molar refractivity (Wildman–Crippen MR) is 89.5 cm³/mol. The summed E-state index contributed by atoms with van der Waals surface area (Å²) >= 11 is 6.47. The number of hydrogen-bond acceptors (Lipinski definition) is 5. The molecule has 5 nitrogen and oxygen atoms in total. The smallest absolute Gasteiger partial charge is 0.130 e. The van der Waals surface area contributed by atoms with Crippen LogP contribution in [0.15, 0.2) is 12.3 Å². The minimum absolute atomic E-state index is 0.362. The van der Waals surface area contributed by atoms with Crippen molar-refractivity contribution < 1.29 is 9.47 Å². The van der Waals surface area contributed by atoms with Gasteiger partial charge in [-0.15, -0.1) is 0 Å². The minimum atomic E-state index is 0.362. The van der Waals surface area contributed by atoms with Crippen molar-refractivity contribution in [2.45, 2.75) is 50.1 Å². The Kier molecular flexibility index (Phi) is 3.42. The number of rotatable bonds is 2. The summed E-state index contributed by atoms with van der Waals surface area (Å²) in [4.78, 5) is 9.33. The number of fused-ring (bicyclic) bond motifs is 4. The molecule has 4 aliphatic rings. The maximum Gasteiger partial charge on any atom is 0.130 e. The van der Waals surface area contributed by atoms with Crippen LogP contribution in [-0.4, -0.2) is 55.6 Å². The molecule has 124 valence electrons. The molecule has 4 unspecified atom stereocenters. The van der Waals surface area contributed by atoms with Crippen LogP contribution in [-0.2, 0) is 9.47 Å². The lowest BCUT2D eigenvalue weighted by molar-refractivity contribution is 0.0301. The van der Waals surface area contributed by atoms with Crippen molar-refractivity contribution in [3.8, 4) is 0 Å². The van der Waals surface area contributed by atoms with Gasteiger partial charge in [0.1, 0.15) is 5.82 Å². The first kappa shape index (κ1) is 14.3. The Bertz CT molecular complexity index is 590. The molecule has 4 saturated heterocycles. The maximum atomic E-state index is 6.47. The fourth-order valence-corrected chi connectivity index (χ4v) is 4.67. The number of hydrogen-bond donors (Lipinski definition) is 0. The third-order valence-corrected chi connectivity index (χ3v) is 5.86. The summed E-state index contributed by atoms with van der Waals surface area (Å²) in [6.07, 6.45) is 7.96. The molecule has 4 bridgehead atoms. The molecule has 4 atom stereocenters. The van der Waals surface area contributed by atoms with Crippen LogP contribution in [0.1, 0.15) is 25.7 Å². The van der Waals surface area contributed by atoms with E-state index in [0.717, 1.165) is 42.7 Å². The molecule has 0 saturated carbocycles. The van der Waals surface area contributed by atoms with Crippen molar-refractivity contribution >= 4 is 23.1 Å². The van der Waals surface area contributed by atoms with Crippen LogP contribution in [0.5, 0.6) is 0 Å². The molecule has 0 aromatic carbocycles. The molecule has 4 aliphatic heterocycles. The first-order chi connectivity index (χ1) is 11.2. The number of ether oxygens (including phenoxy) is 2. The van der Waals surface area contributed by atoms with Crippen LogP contribution in [0.4, 0.5) is 11.5 Å². The SMILES string of the molecule is Clc1cnc(N2CC3CCC(C2)O3)cc1N1CC2CCC(C1)O2. The topological polar surface area (TPSA) is 37.8 Å². The fourth-order valence-electron chi connectivity index (χ4n) is 4.45. The standard InChI is InChI=1S/C17H22ClN3O2/c18-15-6-19-17(21-9-13-3-4-14(10-21)23-13)5-16(15)20-7-11-1-2-12(8-20)22-11/h5-6,11-14H,1-4,7-10H2. The van der Waals surface area contributed by atoms with Crippen LogP contribution in [0.25, 0.3) is 0 Å². The summed E-state index contributed by atoms with van der Waals surface area (Å²) in [5.74, 6) is 1.03. The lowest BCUT2D eigenvalue weighted by atomic mass is 10.2. The molecule has 0 spiro atoms. The van der Waals surface area contributed by atoms with E-state index >= 15 is 0 Å². The van der Waals surface area contributed by atoms with Crippen molar-refractivity contribution in [1.29, 1.82) is 0 Å². The van der Waals surface area contributed by atoms with Crippen LogP contribution >= 0.6 is 11.6 Å². The Hall–Kier alpha value is -1.04. The molecular weight excluding hydrogens is 314 g/mol. The zero-order valence-electron chi connectivity index (χ0n) is 13.2. The van der Waals surface area contributed by atoms with Crippen LogP contribution in [0, 0.1) is 0 Å². The Morgan fingerprint density at radius 1 is 0.870 bits per heavy atom. The largest absolute Gasteiger partial charge is 0.371 e. The molecule has 23 heavy (non-hydrogen) atoms. The summed E-state index contributed by atoms with van der Waals surface area (Å²) in [7, 11) is 0. The van der Waals surface area contributed by atoms with Gasteiger partial charge >= 0.3 is 0 Å². The summed E-state index contributed by atoms with van der Waals surface area (Å²) in [6.45, 7) is 3.76. The van der Waals surface area contributed by atoms with Gasteiger partial charge in [0.05, 0.1) is 41.3 Å². The zero-order valence-corrected chi connectivity index (χ0v) is 13.9. The van der Waals surface area contributed by atoms with Crippen molar-refractivity contribution in [2.75, 3.05) is 36.0 Å². The predicted octanol–water partition coefficient (Wildman–Crippen LogP) is 2.47. The third kappa shape index (κ3) is 2.59. The lowest BCUT2D eigenvalue weighted by Crippen LogP contribution is -2.44. The van der Waals surface area contributed by atoms with Gasteiger partial charge in [-0.3, -0.25) is 0 Å². The van der Waals surface area contributed by atoms with Gasteiger partial charge in [-0.25, -0.2) is 4.98 Å². The minimum Gasteiger partial charge on any atom is -0.371 e. The Labute approximate surface area is 141 Å².